The molecule has 1 N–H and O–H groups in total. The first-order valence-corrected chi connectivity index (χ1v) is 9.14. The highest BCUT2D eigenvalue weighted by Gasteiger charge is 2.33. The Morgan fingerprint density at radius 2 is 1.81 bits per heavy atom. The molecule has 3 aromatic rings. The largest absolute Gasteiger partial charge is 0.372 e. The molecule has 1 unspecified atom stereocenters. The minimum absolute atomic E-state index is 0.00691. The van der Waals surface area contributed by atoms with Crippen LogP contribution >= 0.6 is 0 Å². The second-order valence-corrected chi connectivity index (χ2v) is 6.94. The lowest BCUT2D eigenvalue weighted by Gasteiger charge is -2.24. The molecular formula is C20H21N5O. The molecule has 6 nitrogen and oxygen atoms in total. The number of anilines is 2. The molecule has 0 aliphatic carbocycles. The van der Waals surface area contributed by atoms with Gasteiger partial charge in [-0.1, -0.05) is 12.1 Å². The van der Waals surface area contributed by atoms with E-state index in [0.29, 0.717) is 6.54 Å². The Kier molecular flexibility index (Phi) is 3.55. The van der Waals surface area contributed by atoms with Crippen LogP contribution < -0.4 is 15.1 Å². The van der Waals surface area contributed by atoms with E-state index in [1.54, 1.807) is 6.20 Å². The van der Waals surface area contributed by atoms with Crippen LogP contribution in [0.3, 0.4) is 0 Å². The van der Waals surface area contributed by atoms with Crippen molar-refractivity contribution in [2.24, 2.45) is 0 Å². The second-order valence-electron chi connectivity index (χ2n) is 6.94. The van der Waals surface area contributed by atoms with Crippen molar-refractivity contribution in [1.29, 1.82) is 0 Å². The molecule has 1 aromatic carbocycles. The third-order valence-electron chi connectivity index (χ3n) is 5.39. The van der Waals surface area contributed by atoms with Gasteiger partial charge in [0.25, 0.3) is 0 Å². The lowest BCUT2D eigenvalue weighted by Crippen LogP contribution is -2.29. The van der Waals surface area contributed by atoms with Gasteiger partial charge in [-0.15, -0.1) is 0 Å². The molecule has 0 radical (unpaired) electrons. The van der Waals surface area contributed by atoms with Crippen LogP contribution in [0.25, 0.3) is 5.65 Å². The number of hydrogen-bond acceptors (Lipinski definition) is 3. The highest BCUT2D eigenvalue weighted by atomic mass is 16.2. The standard InChI is InChI=1S/C20H21N5O/c26-20-22-14-18(15-3-5-16(6-4-15)23-9-1-2-10-23)25(20)17-7-11-24-12-8-21-19(24)13-17/h3-8,11-13,18H,1-2,9-10,14H2,(H,22,26). The van der Waals surface area contributed by atoms with Crippen molar-refractivity contribution in [3.05, 3.63) is 60.6 Å². The van der Waals surface area contributed by atoms with Gasteiger partial charge in [-0.3, -0.25) is 4.90 Å². The van der Waals surface area contributed by atoms with Gasteiger partial charge in [-0.2, -0.15) is 0 Å². The molecule has 2 fully saturated rings. The maximum absolute atomic E-state index is 12.5. The number of pyridine rings is 1. The van der Waals surface area contributed by atoms with Gasteiger partial charge in [0.2, 0.25) is 0 Å². The summed E-state index contributed by atoms with van der Waals surface area (Å²) < 4.78 is 1.94. The van der Waals surface area contributed by atoms with Gasteiger partial charge in [-0.05, 0) is 36.6 Å². The fourth-order valence-corrected chi connectivity index (χ4v) is 4.00. The van der Waals surface area contributed by atoms with Crippen LogP contribution in [0.15, 0.2) is 55.0 Å². The molecule has 2 saturated heterocycles. The number of benzene rings is 1. The van der Waals surface area contributed by atoms with Crippen LogP contribution in [-0.4, -0.2) is 35.1 Å². The van der Waals surface area contributed by atoms with Crippen molar-refractivity contribution in [3.8, 4) is 0 Å². The highest BCUT2D eigenvalue weighted by Crippen LogP contribution is 2.32. The number of nitrogens with one attached hydrogen (secondary N) is 1. The number of fused-ring (bicyclic) bond motifs is 1. The van der Waals surface area contributed by atoms with Gasteiger partial charge in [0.15, 0.2) is 0 Å². The average Bonchev–Trinajstić information content (AvgIpc) is 3.42. The number of hydrogen-bond donors (Lipinski definition) is 1. The third-order valence-corrected chi connectivity index (χ3v) is 5.39. The van der Waals surface area contributed by atoms with Gasteiger partial charge in [0, 0.05) is 50.0 Å². The molecule has 1 atom stereocenters. The van der Waals surface area contributed by atoms with Gasteiger partial charge in [0.05, 0.1) is 11.7 Å². The lowest BCUT2D eigenvalue weighted by atomic mass is 10.1. The van der Waals surface area contributed by atoms with Crippen LogP contribution in [0.4, 0.5) is 16.2 Å². The van der Waals surface area contributed by atoms with Crippen molar-refractivity contribution in [3.63, 3.8) is 0 Å². The monoisotopic (exact) mass is 347 g/mol. The lowest BCUT2D eigenvalue weighted by molar-refractivity contribution is 0.251. The quantitative estimate of drug-likeness (QED) is 0.792. The molecule has 5 rings (SSSR count). The Morgan fingerprint density at radius 3 is 2.62 bits per heavy atom. The zero-order chi connectivity index (χ0) is 17.5. The SMILES string of the molecule is O=C1NCC(c2ccc(N3CCCC3)cc2)N1c1ccn2ccnc2c1. The van der Waals surface area contributed by atoms with E-state index in [1.165, 1.54) is 18.5 Å². The molecule has 2 aliphatic heterocycles. The summed E-state index contributed by atoms with van der Waals surface area (Å²) in [6.07, 6.45) is 8.14. The zero-order valence-corrected chi connectivity index (χ0v) is 14.5. The van der Waals surface area contributed by atoms with E-state index >= 15 is 0 Å². The minimum atomic E-state index is -0.0606. The van der Waals surface area contributed by atoms with Crippen LogP contribution in [0, 0.1) is 0 Å². The summed E-state index contributed by atoms with van der Waals surface area (Å²) in [5.41, 5.74) is 4.13. The Balaban J connectivity index is 1.46. The van der Waals surface area contributed by atoms with Gasteiger partial charge in [0.1, 0.15) is 5.65 Å². The maximum atomic E-state index is 12.5. The van der Waals surface area contributed by atoms with Gasteiger partial charge >= 0.3 is 6.03 Å². The van der Waals surface area contributed by atoms with E-state index < -0.39 is 0 Å². The number of nitrogens with zero attached hydrogens (tertiary/aromatic N) is 4. The summed E-state index contributed by atoms with van der Waals surface area (Å²) in [6.45, 7) is 2.89. The number of imidazole rings is 1. The first kappa shape index (κ1) is 15.3. The van der Waals surface area contributed by atoms with Crippen LogP contribution in [0.1, 0.15) is 24.4 Å². The summed E-state index contributed by atoms with van der Waals surface area (Å²) in [6, 6.07) is 12.5. The molecular weight excluding hydrogens is 326 g/mol. The predicted octanol–water partition coefficient (Wildman–Crippen LogP) is 3.21. The van der Waals surface area contributed by atoms with Crippen LogP contribution in [-0.2, 0) is 0 Å². The molecule has 4 heterocycles. The van der Waals surface area contributed by atoms with Crippen LogP contribution in [0.2, 0.25) is 0 Å². The molecule has 132 valence electrons. The van der Waals surface area contributed by atoms with Crippen molar-refractivity contribution in [2.45, 2.75) is 18.9 Å². The number of amides is 2. The first-order valence-electron chi connectivity index (χ1n) is 9.14. The normalized spacial score (nSPS) is 20.2. The first-order chi connectivity index (χ1) is 12.8. The Hall–Kier alpha value is -3.02. The number of rotatable bonds is 3. The van der Waals surface area contributed by atoms with E-state index in [1.807, 2.05) is 33.8 Å². The topological polar surface area (TPSA) is 52.9 Å². The molecule has 0 saturated carbocycles. The van der Waals surface area contributed by atoms with E-state index in [0.717, 1.165) is 30.0 Å². The van der Waals surface area contributed by atoms with Crippen molar-refractivity contribution < 1.29 is 4.79 Å². The summed E-state index contributed by atoms with van der Waals surface area (Å²) in [5.74, 6) is 0. The highest BCUT2D eigenvalue weighted by molar-refractivity contribution is 5.95. The Morgan fingerprint density at radius 1 is 1.00 bits per heavy atom. The number of urea groups is 1. The average molecular weight is 347 g/mol. The Labute approximate surface area is 152 Å². The summed E-state index contributed by atoms with van der Waals surface area (Å²) in [5, 5.41) is 2.98. The molecule has 6 heteroatoms. The van der Waals surface area contributed by atoms with Gasteiger partial charge in [-0.25, -0.2) is 9.78 Å². The van der Waals surface area contributed by atoms with E-state index in [-0.39, 0.29) is 12.1 Å². The van der Waals surface area contributed by atoms with E-state index in [9.17, 15) is 4.79 Å². The summed E-state index contributed by atoms with van der Waals surface area (Å²) in [7, 11) is 0. The van der Waals surface area contributed by atoms with Crippen molar-refractivity contribution >= 4 is 23.1 Å². The smallest absolute Gasteiger partial charge is 0.322 e. The van der Waals surface area contributed by atoms with Crippen molar-refractivity contribution in [1.82, 2.24) is 14.7 Å². The maximum Gasteiger partial charge on any atom is 0.322 e. The molecule has 0 bridgehead atoms. The zero-order valence-electron chi connectivity index (χ0n) is 14.5. The van der Waals surface area contributed by atoms with Gasteiger partial charge < -0.3 is 14.6 Å². The van der Waals surface area contributed by atoms with E-state index in [2.05, 4.69) is 39.5 Å². The fourth-order valence-electron chi connectivity index (χ4n) is 4.00. The second kappa shape index (κ2) is 6.05. The molecule has 0 spiro atoms. The fraction of sp³-hybridized carbons (Fsp3) is 0.300. The van der Waals surface area contributed by atoms with E-state index in [4.69, 9.17) is 0 Å². The molecule has 26 heavy (non-hydrogen) atoms. The summed E-state index contributed by atoms with van der Waals surface area (Å²) in [4.78, 5) is 21.1. The Bertz CT molecular complexity index is 942. The van der Waals surface area contributed by atoms with Crippen molar-refractivity contribution in [2.75, 3.05) is 29.4 Å². The molecule has 2 amide bonds. The molecule has 2 aromatic heterocycles. The third kappa shape index (κ3) is 2.49. The predicted molar refractivity (Wildman–Crippen MR) is 102 cm³/mol. The number of carbonyl (C=O) groups is 1. The molecule has 2 aliphatic rings. The van der Waals surface area contributed by atoms with Crippen LogP contribution in [0.5, 0.6) is 0 Å². The number of aromatic nitrogens is 2. The summed E-state index contributed by atoms with van der Waals surface area (Å²) >= 11 is 0. The number of carbonyl (C=O) groups excluding carboxylic acids is 1. The minimum Gasteiger partial charge on any atom is -0.372 e.